The minimum absolute atomic E-state index is 0.0648. The number of aromatic nitrogens is 4. The Bertz CT molecular complexity index is 4280. The predicted octanol–water partition coefficient (Wildman–Crippen LogP) is 20.6. The molecule has 0 saturated heterocycles. The first kappa shape index (κ1) is 53.7. The van der Waals surface area contributed by atoms with E-state index in [1.165, 1.54) is 68.6 Å². The molecule has 0 fully saturated rings. The lowest BCUT2D eigenvalue weighted by Gasteiger charge is -2.46. The van der Waals surface area contributed by atoms with E-state index in [0.717, 1.165) is 80.5 Å². The lowest BCUT2D eigenvalue weighted by molar-refractivity contribution is -0.765. The molecule has 1 aliphatic rings. The Morgan fingerprint density at radius 2 is 0.679 bits per heavy atom. The van der Waals surface area contributed by atoms with E-state index >= 15 is 0 Å². The highest BCUT2D eigenvalue weighted by molar-refractivity contribution is 5.85. The smallest absolute Gasteiger partial charge is 0.208 e. The zero-order valence-electron chi connectivity index (χ0n) is 48.7. The number of aryl methyl sites for hydroxylation is 1. The number of nitrogens with zero attached hydrogens (tertiary/aromatic N) is 4. The summed E-state index contributed by atoms with van der Waals surface area (Å²) in [4.78, 5) is 16.3. The minimum atomic E-state index is -0.0766. The fraction of sp³-hybridized carbons (Fsp3) is 0.150. The monoisotopic (exact) mass is 1090 g/mol. The summed E-state index contributed by atoms with van der Waals surface area (Å²) in [5.74, 6) is 1.82. The van der Waals surface area contributed by atoms with Crippen molar-refractivity contribution in [1.29, 1.82) is 0 Å². The molecule has 4 nitrogen and oxygen atoms in total. The molecule has 4 heteroatoms. The van der Waals surface area contributed by atoms with E-state index < -0.39 is 0 Å². The van der Waals surface area contributed by atoms with Crippen LogP contribution in [0.2, 0.25) is 0 Å². The zero-order valence-corrected chi connectivity index (χ0v) is 48.7. The molecule has 13 rings (SSSR count). The van der Waals surface area contributed by atoms with Gasteiger partial charge >= 0.3 is 0 Å². The predicted molar refractivity (Wildman–Crippen MR) is 350 cm³/mol. The lowest BCUT2D eigenvalue weighted by Crippen LogP contribution is -2.67. The van der Waals surface area contributed by atoms with Crippen molar-refractivity contribution in [2.45, 2.75) is 77.7 Å². The third kappa shape index (κ3) is 10.3. The topological polar surface area (TPSA) is 42.5 Å². The Morgan fingerprint density at radius 1 is 0.321 bits per heavy atom. The molecule has 0 N–H and O–H groups in total. The van der Waals surface area contributed by atoms with E-state index in [0.29, 0.717) is 17.5 Å². The molecule has 3 heterocycles. The Labute approximate surface area is 496 Å². The summed E-state index contributed by atoms with van der Waals surface area (Å²) in [6.45, 7) is 11.8. The van der Waals surface area contributed by atoms with Crippen LogP contribution in [-0.4, -0.2) is 15.0 Å². The first-order valence-corrected chi connectivity index (χ1v) is 30.0. The van der Waals surface area contributed by atoms with Gasteiger partial charge in [-0.1, -0.05) is 209 Å². The largest absolute Gasteiger partial charge is 0.213 e. The van der Waals surface area contributed by atoms with Crippen LogP contribution in [0.15, 0.2) is 267 Å². The Kier molecular flexibility index (Phi) is 14.7. The number of hydrogen-bond acceptors (Lipinski definition) is 3. The van der Waals surface area contributed by atoms with Gasteiger partial charge < -0.3 is 0 Å². The Balaban J connectivity index is 0.947. The molecule has 2 atom stereocenters. The van der Waals surface area contributed by atoms with Crippen molar-refractivity contribution in [3.63, 3.8) is 0 Å². The van der Waals surface area contributed by atoms with Gasteiger partial charge in [0.1, 0.15) is 0 Å². The molecule has 0 aliphatic carbocycles. The van der Waals surface area contributed by atoms with Gasteiger partial charge in [-0.2, -0.15) is 4.57 Å². The summed E-state index contributed by atoms with van der Waals surface area (Å²) in [5, 5.41) is 0. The number of fused-ring (bicyclic) bond motifs is 3. The molecule has 12 aromatic rings. The molecule has 0 amide bonds. The van der Waals surface area contributed by atoms with Crippen LogP contribution in [-0.2, 0) is 17.4 Å². The molecule has 84 heavy (non-hydrogen) atoms. The van der Waals surface area contributed by atoms with E-state index in [4.69, 9.17) is 15.0 Å². The number of unbranched alkanes of at least 4 members (excludes halogenated alkanes) is 1. The summed E-state index contributed by atoms with van der Waals surface area (Å²) in [7, 11) is 0. The highest BCUT2D eigenvalue weighted by Crippen LogP contribution is 2.50. The molecule has 2 aromatic heterocycles. The van der Waals surface area contributed by atoms with Crippen LogP contribution in [0.1, 0.15) is 71.4 Å². The van der Waals surface area contributed by atoms with Gasteiger partial charge in [-0.05, 0) is 182 Å². The second-order valence-electron chi connectivity index (χ2n) is 23.1. The normalized spacial score (nSPS) is 15.3. The van der Waals surface area contributed by atoms with Crippen molar-refractivity contribution in [3.8, 4) is 123 Å². The molecule has 0 spiro atoms. The van der Waals surface area contributed by atoms with Crippen LogP contribution in [0.4, 0.5) is 0 Å². The van der Waals surface area contributed by atoms with Crippen molar-refractivity contribution in [3.05, 3.63) is 278 Å². The first-order chi connectivity index (χ1) is 41.2. The van der Waals surface area contributed by atoms with Crippen LogP contribution in [0.5, 0.6) is 0 Å². The molecule has 0 saturated carbocycles. The molecular formula is C80H69N4+. The first-order valence-electron chi connectivity index (χ1n) is 30.0. The van der Waals surface area contributed by atoms with Crippen LogP contribution >= 0.6 is 0 Å². The second kappa shape index (κ2) is 23.0. The Hall–Kier alpha value is -9.64. The van der Waals surface area contributed by atoms with E-state index in [-0.39, 0.29) is 11.0 Å². The standard InChI is InChI=1S/C80H69N4/c1-6-9-24-55-38-40-59(41-39-55)70-49-69(58-29-17-12-18-30-58)52-72(53-70)62-33-23-36-66(47-62)78-82-76(64-34-21-31-60(45-64)63-42-43-74-73(54-63)75-37-19-20-44-84(75)80(5,8-3)79(74,4)7-2)81-77(83-78)65-35-22-32-61(46-65)71-50-67(56-25-13-10-14-26-56)48-68(51-71)57-27-15-11-16-28-57/h10-23,25-54H,6-9,24H2,1-5H3/q+1. The van der Waals surface area contributed by atoms with Crippen LogP contribution < -0.4 is 4.57 Å². The molecule has 0 bridgehead atoms. The average Bonchev–Trinajstić information content (AvgIpc) is 1.13. The van der Waals surface area contributed by atoms with Crippen molar-refractivity contribution >= 4 is 0 Å². The third-order valence-corrected chi connectivity index (χ3v) is 18.2. The quantitative estimate of drug-likeness (QED) is 0.0961. The summed E-state index contributed by atoms with van der Waals surface area (Å²) in [5.41, 5.74) is 23.9. The third-order valence-electron chi connectivity index (χ3n) is 18.2. The molecule has 2 unspecified atom stereocenters. The highest BCUT2D eigenvalue weighted by Gasteiger charge is 2.56. The van der Waals surface area contributed by atoms with Gasteiger partial charge in [-0.15, -0.1) is 0 Å². The van der Waals surface area contributed by atoms with E-state index in [1.807, 2.05) is 0 Å². The molecule has 10 aromatic carbocycles. The van der Waals surface area contributed by atoms with Gasteiger partial charge in [0.25, 0.3) is 0 Å². The number of benzene rings is 10. The van der Waals surface area contributed by atoms with Gasteiger partial charge in [0.05, 0.1) is 11.0 Å². The highest BCUT2D eigenvalue weighted by atomic mass is 15.1. The fourth-order valence-electron chi connectivity index (χ4n) is 12.9. The molecule has 1 aliphatic heterocycles. The Morgan fingerprint density at radius 3 is 1.11 bits per heavy atom. The summed E-state index contributed by atoms with van der Waals surface area (Å²) < 4.78 is 2.53. The number of hydrogen-bond donors (Lipinski definition) is 0. The number of pyridine rings is 1. The average molecular weight is 1090 g/mol. The summed E-state index contributed by atoms with van der Waals surface area (Å²) in [6, 6.07) is 94.9. The van der Waals surface area contributed by atoms with E-state index in [2.05, 4.69) is 306 Å². The fourth-order valence-corrected chi connectivity index (χ4v) is 12.9. The lowest BCUT2D eigenvalue weighted by atomic mass is 9.60. The van der Waals surface area contributed by atoms with Crippen molar-refractivity contribution in [2.24, 2.45) is 0 Å². The van der Waals surface area contributed by atoms with Crippen LogP contribution in [0, 0.1) is 0 Å². The maximum atomic E-state index is 5.43. The maximum Gasteiger partial charge on any atom is 0.213 e. The molecular weight excluding hydrogens is 1020 g/mol. The van der Waals surface area contributed by atoms with Gasteiger partial charge in [-0.3, -0.25) is 0 Å². The van der Waals surface area contributed by atoms with Gasteiger partial charge in [0, 0.05) is 42.2 Å². The molecule has 0 radical (unpaired) electrons. The number of rotatable bonds is 15. The summed E-state index contributed by atoms with van der Waals surface area (Å²) in [6.07, 6.45) is 7.80. The van der Waals surface area contributed by atoms with Gasteiger partial charge in [0.15, 0.2) is 29.2 Å². The zero-order chi connectivity index (χ0) is 57.2. The van der Waals surface area contributed by atoms with Crippen LogP contribution in [0.25, 0.3) is 123 Å². The van der Waals surface area contributed by atoms with Crippen molar-refractivity contribution in [1.82, 2.24) is 15.0 Å². The molecule has 408 valence electrons. The maximum absolute atomic E-state index is 5.43. The summed E-state index contributed by atoms with van der Waals surface area (Å²) >= 11 is 0. The van der Waals surface area contributed by atoms with Crippen LogP contribution in [0.3, 0.4) is 0 Å². The van der Waals surface area contributed by atoms with Crippen molar-refractivity contribution < 1.29 is 4.57 Å². The SMILES string of the molecule is CCCCc1ccc(-c2cc(-c3ccccc3)cc(-c3cccc(-c4nc(-c5cccc(-c6cc(-c7ccccc7)cc(-c7ccccc7)c6)c5)nc(-c5cccc(-c6ccc7c(c6)-c6cccc[n+]6C(C)(CC)C7(C)CC)c5)n4)c3)c2)cc1. The van der Waals surface area contributed by atoms with E-state index in [9.17, 15) is 0 Å². The van der Waals surface area contributed by atoms with E-state index in [1.54, 1.807) is 0 Å². The van der Waals surface area contributed by atoms with Gasteiger partial charge in [0.2, 0.25) is 5.69 Å². The second-order valence-corrected chi connectivity index (χ2v) is 23.1. The van der Waals surface area contributed by atoms with Gasteiger partial charge in [-0.25, -0.2) is 15.0 Å². The minimum Gasteiger partial charge on any atom is -0.208 e. The van der Waals surface area contributed by atoms with Crippen molar-refractivity contribution in [2.75, 3.05) is 0 Å².